The van der Waals surface area contributed by atoms with Crippen molar-refractivity contribution in [2.24, 2.45) is 7.05 Å². The summed E-state index contributed by atoms with van der Waals surface area (Å²) in [5.41, 5.74) is -0.593. The van der Waals surface area contributed by atoms with E-state index in [4.69, 9.17) is 27.9 Å². The Labute approximate surface area is 176 Å². The van der Waals surface area contributed by atoms with Crippen LogP contribution in [0.15, 0.2) is 41.2 Å². The highest BCUT2D eigenvalue weighted by molar-refractivity contribution is 6.34. The Morgan fingerprint density at radius 1 is 1.03 bits per heavy atom. The molecule has 0 aliphatic rings. The van der Waals surface area contributed by atoms with Crippen LogP contribution in [0, 0.1) is 0 Å². The van der Waals surface area contributed by atoms with Gasteiger partial charge in [0.1, 0.15) is 28.6 Å². The summed E-state index contributed by atoms with van der Waals surface area (Å²) in [5.74, 6) is -0.352. The highest BCUT2D eigenvalue weighted by atomic mass is 35.5. The minimum absolute atomic E-state index is 0.00837. The zero-order valence-corrected chi connectivity index (χ0v) is 17.2. The van der Waals surface area contributed by atoms with Crippen LogP contribution in [0.25, 0.3) is 10.9 Å². The molecule has 8 heteroatoms. The van der Waals surface area contributed by atoms with Crippen LogP contribution in [-0.4, -0.2) is 21.2 Å². The molecule has 1 N–H and O–H groups in total. The number of ketones is 2. The summed E-state index contributed by atoms with van der Waals surface area (Å²) < 4.78 is 7.01. The van der Waals surface area contributed by atoms with E-state index < -0.39 is 17.1 Å². The summed E-state index contributed by atoms with van der Waals surface area (Å²) in [6, 6.07) is 9.45. The Kier molecular flexibility index (Phi) is 5.96. The van der Waals surface area contributed by atoms with Crippen molar-refractivity contribution in [3.63, 3.8) is 0 Å². The van der Waals surface area contributed by atoms with E-state index in [1.807, 2.05) is 0 Å². The van der Waals surface area contributed by atoms with Gasteiger partial charge in [-0.3, -0.25) is 9.59 Å². The first-order chi connectivity index (χ1) is 13.7. The largest absolute Gasteiger partial charge is 0.506 e. The first kappa shape index (κ1) is 20.9. The van der Waals surface area contributed by atoms with Crippen LogP contribution in [0.3, 0.4) is 0 Å². The van der Waals surface area contributed by atoms with E-state index in [1.165, 1.54) is 18.5 Å². The fraction of sp³-hybridized carbons (Fsp3) is 0.190. The summed E-state index contributed by atoms with van der Waals surface area (Å²) in [6.07, 6.45) is -0.130. The fourth-order valence-corrected chi connectivity index (χ4v) is 3.46. The molecule has 0 aliphatic heterocycles. The molecule has 6 nitrogen and oxygen atoms in total. The molecule has 3 aromatic rings. The summed E-state index contributed by atoms with van der Waals surface area (Å²) in [7, 11) is 1.49. The highest BCUT2D eigenvalue weighted by Gasteiger charge is 2.21. The summed E-state index contributed by atoms with van der Waals surface area (Å²) in [4.78, 5) is 36.2. The van der Waals surface area contributed by atoms with Gasteiger partial charge >= 0.3 is 0 Å². The Bertz CT molecular complexity index is 1180. The number of fused-ring (bicyclic) bond motifs is 1. The summed E-state index contributed by atoms with van der Waals surface area (Å²) in [5, 5.41) is 11.7. The Hall–Kier alpha value is -2.83. The van der Waals surface area contributed by atoms with Gasteiger partial charge in [0.15, 0.2) is 5.78 Å². The molecular formula is C21H17Cl2NO5. The smallest absolute Gasteiger partial charge is 0.265 e. The number of aryl methyl sites for hydroxylation is 1. The lowest BCUT2D eigenvalue weighted by Gasteiger charge is -2.13. The molecule has 0 saturated heterocycles. The van der Waals surface area contributed by atoms with Gasteiger partial charge in [0.2, 0.25) is 0 Å². The molecule has 0 atom stereocenters. The van der Waals surface area contributed by atoms with Crippen LogP contribution in [0.5, 0.6) is 17.2 Å². The number of halogens is 2. The lowest BCUT2D eigenvalue weighted by atomic mass is 10.0. The Morgan fingerprint density at radius 2 is 1.69 bits per heavy atom. The molecule has 2 aromatic carbocycles. The van der Waals surface area contributed by atoms with Gasteiger partial charge in [-0.2, -0.15) is 0 Å². The van der Waals surface area contributed by atoms with E-state index in [-0.39, 0.29) is 24.2 Å². The zero-order chi connectivity index (χ0) is 21.3. The summed E-state index contributed by atoms with van der Waals surface area (Å²) >= 11 is 11.9. The zero-order valence-electron chi connectivity index (χ0n) is 15.7. The van der Waals surface area contributed by atoms with Crippen molar-refractivity contribution in [1.29, 1.82) is 0 Å². The van der Waals surface area contributed by atoms with Crippen molar-refractivity contribution in [3.05, 3.63) is 62.4 Å². The molecule has 150 valence electrons. The number of hydrogen-bond donors (Lipinski definition) is 1. The average molecular weight is 434 g/mol. The number of aromatic hydroxyl groups is 1. The number of carbonyl (C=O) groups excluding carboxylic acids is 2. The normalized spacial score (nSPS) is 10.9. The van der Waals surface area contributed by atoms with Crippen molar-refractivity contribution in [1.82, 2.24) is 4.57 Å². The number of Topliss-reactive ketones (excluding diaryl/α,β-unsaturated/α-hetero) is 2. The Morgan fingerprint density at radius 3 is 2.31 bits per heavy atom. The monoisotopic (exact) mass is 433 g/mol. The minimum Gasteiger partial charge on any atom is -0.506 e. The molecule has 0 unspecified atom stereocenters. The highest BCUT2D eigenvalue weighted by Crippen LogP contribution is 2.33. The Balaban J connectivity index is 2.05. The van der Waals surface area contributed by atoms with Gasteiger partial charge in [-0.25, -0.2) is 0 Å². The minimum atomic E-state index is -0.647. The molecule has 0 aliphatic carbocycles. The van der Waals surface area contributed by atoms with E-state index in [0.29, 0.717) is 32.4 Å². The van der Waals surface area contributed by atoms with Crippen molar-refractivity contribution in [2.75, 3.05) is 0 Å². The number of ether oxygens (including phenoxy) is 1. The van der Waals surface area contributed by atoms with Gasteiger partial charge in [0, 0.05) is 41.4 Å². The van der Waals surface area contributed by atoms with Gasteiger partial charge in [-0.1, -0.05) is 23.2 Å². The van der Waals surface area contributed by atoms with Gasteiger partial charge in [0.05, 0.1) is 5.52 Å². The summed E-state index contributed by atoms with van der Waals surface area (Å²) in [6.45, 7) is 1.36. The number of aromatic nitrogens is 1. The van der Waals surface area contributed by atoms with Crippen LogP contribution in [0.2, 0.25) is 10.0 Å². The number of hydrogen-bond acceptors (Lipinski definition) is 5. The van der Waals surface area contributed by atoms with Crippen LogP contribution >= 0.6 is 23.2 Å². The topological polar surface area (TPSA) is 85.6 Å². The second-order valence-corrected chi connectivity index (χ2v) is 7.47. The number of benzene rings is 2. The second-order valence-electron chi connectivity index (χ2n) is 6.60. The van der Waals surface area contributed by atoms with Gasteiger partial charge in [-0.15, -0.1) is 0 Å². The number of nitrogens with zero attached hydrogens (tertiary/aromatic N) is 1. The predicted molar refractivity (Wildman–Crippen MR) is 112 cm³/mol. The molecule has 0 saturated carbocycles. The van der Waals surface area contributed by atoms with E-state index >= 15 is 0 Å². The molecule has 29 heavy (non-hydrogen) atoms. The number of rotatable bonds is 6. The van der Waals surface area contributed by atoms with Crippen LogP contribution in [0.1, 0.15) is 30.1 Å². The molecular weight excluding hydrogens is 417 g/mol. The van der Waals surface area contributed by atoms with Crippen molar-refractivity contribution in [3.8, 4) is 17.2 Å². The van der Waals surface area contributed by atoms with Crippen LogP contribution in [-0.2, 0) is 11.8 Å². The van der Waals surface area contributed by atoms with Crippen molar-refractivity contribution in [2.45, 2.75) is 19.8 Å². The van der Waals surface area contributed by atoms with Crippen LogP contribution < -0.4 is 10.3 Å². The van der Waals surface area contributed by atoms with Gasteiger partial charge < -0.3 is 19.2 Å². The molecule has 1 heterocycles. The average Bonchev–Trinajstić information content (AvgIpc) is 2.64. The maximum atomic E-state index is 12.7. The lowest BCUT2D eigenvalue weighted by molar-refractivity contribution is -0.116. The maximum Gasteiger partial charge on any atom is 0.265 e. The SMILES string of the molecule is CC(=O)CCC(=O)c1c(O)c2ccc(Oc3cc(Cl)cc(Cl)c3)cc2n(C)c1=O. The number of pyridine rings is 1. The molecule has 0 bridgehead atoms. The standard InChI is InChI=1S/C21H17Cl2NO5/c1-11(25)3-6-18(26)19-20(27)16-5-4-14(10-17(16)24(2)21(19)28)29-15-8-12(22)7-13(23)9-15/h4-5,7-10,27H,3,6H2,1-2H3. The first-order valence-electron chi connectivity index (χ1n) is 8.69. The molecule has 0 fully saturated rings. The lowest BCUT2D eigenvalue weighted by Crippen LogP contribution is -2.25. The van der Waals surface area contributed by atoms with Gasteiger partial charge in [-0.05, 0) is 37.3 Å². The maximum absolute atomic E-state index is 12.7. The van der Waals surface area contributed by atoms with Crippen molar-refractivity contribution < 1.29 is 19.4 Å². The third kappa shape index (κ3) is 4.44. The fourth-order valence-electron chi connectivity index (χ4n) is 2.96. The molecule has 3 rings (SSSR count). The van der Waals surface area contributed by atoms with E-state index in [0.717, 1.165) is 0 Å². The van der Waals surface area contributed by atoms with E-state index in [2.05, 4.69) is 0 Å². The predicted octanol–water partition coefficient (Wildman–Crippen LogP) is 4.90. The van der Waals surface area contributed by atoms with E-state index in [9.17, 15) is 19.5 Å². The third-order valence-corrected chi connectivity index (χ3v) is 4.83. The second kappa shape index (κ2) is 8.27. The molecule has 0 amide bonds. The third-order valence-electron chi connectivity index (χ3n) is 4.40. The van der Waals surface area contributed by atoms with Gasteiger partial charge in [0.25, 0.3) is 5.56 Å². The molecule has 0 radical (unpaired) electrons. The van der Waals surface area contributed by atoms with E-state index in [1.54, 1.807) is 36.4 Å². The van der Waals surface area contributed by atoms with Crippen molar-refractivity contribution >= 4 is 45.7 Å². The first-order valence-corrected chi connectivity index (χ1v) is 9.45. The quantitative estimate of drug-likeness (QED) is 0.558. The van der Waals surface area contributed by atoms with Crippen LogP contribution in [0.4, 0.5) is 0 Å². The number of carbonyl (C=O) groups is 2. The molecule has 1 aromatic heterocycles. The molecule has 0 spiro atoms.